The van der Waals surface area contributed by atoms with E-state index in [1.807, 2.05) is 0 Å². The summed E-state index contributed by atoms with van der Waals surface area (Å²) < 4.78 is 5.18. The van der Waals surface area contributed by atoms with Gasteiger partial charge < -0.3 is 15.6 Å². The van der Waals surface area contributed by atoms with Crippen LogP contribution in [-0.2, 0) is 9.53 Å². The van der Waals surface area contributed by atoms with Crippen molar-refractivity contribution in [3.8, 4) is 5.75 Å². The van der Waals surface area contributed by atoms with Crippen LogP contribution in [0.4, 0.5) is 0 Å². The Morgan fingerprint density at radius 3 is 2.61 bits per heavy atom. The fraction of sp³-hybridized carbons (Fsp3) is 0.417. The standard InChI is InChI=1S/C12H15BrClNO3/c1-12(2,11(17)18-3)10(15)8-7(14)5-4-6(13)9(8)16/h4-5,10,16H,15H2,1-3H3/t10-/m0/s1. The molecule has 3 N–H and O–H groups in total. The third-order valence-electron chi connectivity index (χ3n) is 2.91. The molecule has 18 heavy (non-hydrogen) atoms. The molecule has 0 spiro atoms. The van der Waals surface area contributed by atoms with Crippen molar-refractivity contribution in [3.05, 3.63) is 27.2 Å². The Hall–Kier alpha value is -0.780. The van der Waals surface area contributed by atoms with E-state index in [4.69, 9.17) is 22.1 Å². The minimum atomic E-state index is -1.00. The van der Waals surface area contributed by atoms with Crippen LogP contribution < -0.4 is 5.73 Å². The summed E-state index contributed by atoms with van der Waals surface area (Å²) in [5, 5.41) is 10.3. The lowest BCUT2D eigenvalue weighted by Gasteiger charge is -2.30. The number of rotatable bonds is 3. The fourth-order valence-electron chi connectivity index (χ4n) is 1.60. The summed E-state index contributed by atoms with van der Waals surface area (Å²) in [6.45, 7) is 3.28. The Balaban J connectivity index is 3.31. The van der Waals surface area contributed by atoms with Gasteiger partial charge in [0.2, 0.25) is 0 Å². The Labute approximate surface area is 119 Å². The van der Waals surface area contributed by atoms with Crippen LogP contribution in [0.2, 0.25) is 5.02 Å². The molecule has 1 rings (SSSR count). The molecule has 6 heteroatoms. The van der Waals surface area contributed by atoms with Gasteiger partial charge >= 0.3 is 5.97 Å². The summed E-state index contributed by atoms with van der Waals surface area (Å²) in [5.41, 5.74) is 5.37. The quantitative estimate of drug-likeness (QED) is 0.832. The highest BCUT2D eigenvalue weighted by molar-refractivity contribution is 9.10. The second-order valence-electron chi connectivity index (χ2n) is 4.48. The van der Waals surface area contributed by atoms with E-state index in [9.17, 15) is 9.90 Å². The van der Waals surface area contributed by atoms with Gasteiger partial charge in [-0.2, -0.15) is 0 Å². The van der Waals surface area contributed by atoms with Crippen LogP contribution in [0.3, 0.4) is 0 Å². The number of phenolic OH excluding ortho intramolecular Hbond substituents is 1. The Morgan fingerprint density at radius 1 is 1.56 bits per heavy atom. The molecule has 0 aliphatic carbocycles. The van der Waals surface area contributed by atoms with Crippen molar-refractivity contribution in [2.45, 2.75) is 19.9 Å². The van der Waals surface area contributed by atoms with Crippen LogP contribution >= 0.6 is 27.5 Å². The zero-order valence-electron chi connectivity index (χ0n) is 10.3. The predicted octanol–water partition coefficient (Wildman–Crippen LogP) is 3.01. The fourth-order valence-corrected chi connectivity index (χ4v) is 2.22. The number of aromatic hydroxyl groups is 1. The minimum absolute atomic E-state index is 0.0630. The summed E-state index contributed by atoms with van der Waals surface area (Å²) in [6, 6.07) is 2.43. The molecule has 0 fully saturated rings. The van der Waals surface area contributed by atoms with Crippen molar-refractivity contribution in [2.24, 2.45) is 11.1 Å². The zero-order chi connectivity index (χ0) is 14.1. The van der Waals surface area contributed by atoms with Crippen LogP contribution in [0.25, 0.3) is 0 Å². The highest BCUT2D eigenvalue weighted by Crippen LogP contribution is 2.43. The molecule has 0 aromatic heterocycles. The molecule has 1 aromatic carbocycles. The van der Waals surface area contributed by atoms with Gasteiger partial charge in [-0.25, -0.2) is 0 Å². The first-order valence-corrected chi connectivity index (χ1v) is 6.41. The third-order valence-corrected chi connectivity index (χ3v) is 3.88. The number of phenols is 1. The van der Waals surface area contributed by atoms with Gasteiger partial charge in [-0.05, 0) is 41.9 Å². The molecule has 0 unspecified atom stereocenters. The van der Waals surface area contributed by atoms with Gasteiger partial charge in [0.15, 0.2) is 0 Å². The molecule has 1 atom stereocenters. The van der Waals surface area contributed by atoms with Crippen molar-refractivity contribution in [2.75, 3.05) is 7.11 Å². The van der Waals surface area contributed by atoms with E-state index in [0.717, 1.165) is 0 Å². The van der Waals surface area contributed by atoms with Gasteiger partial charge in [0.05, 0.1) is 23.0 Å². The van der Waals surface area contributed by atoms with E-state index in [-0.39, 0.29) is 5.75 Å². The number of carbonyl (C=O) groups excluding carboxylic acids is 1. The Morgan fingerprint density at radius 2 is 2.11 bits per heavy atom. The van der Waals surface area contributed by atoms with Gasteiger partial charge in [0.25, 0.3) is 0 Å². The zero-order valence-corrected chi connectivity index (χ0v) is 12.7. The van der Waals surface area contributed by atoms with Gasteiger partial charge in [-0.15, -0.1) is 0 Å². The van der Waals surface area contributed by atoms with E-state index in [1.165, 1.54) is 7.11 Å². The summed E-state index contributed by atoms with van der Waals surface area (Å²) in [4.78, 5) is 11.7. The summed E-state index contributed by atoms with van der Waals surface area (Å²) in [7, 11) is 1.29. The molecule has 0 radical (unpaired) electrons. The maximum atomic E-state index is 11.7. The van der Waals surface area contributed by atoms with E-state index in [0.29, 0.717) is 15.1 Å². The second kappa shape index (κ2) is 5.47. The molecule has 0 amide bonds. The third kappa shape index (κ3) is 2.63. The van der Waals surface area contributed by atoms with Crippen LogP contribution in [0.1, 0.15) is 25.5 Å². The van der Waals surface area contributed by atoms with E-state index < -0.39 is 17.4 Å². The van der Waals surface area contributed by atoms with E-state index in [2.05, 4.69) is 15.9 Å². The van der Waals surface area contributed by atoms with Gasteiger partial charge in [-0.1, -0.05) is 11.6 Å². The van der Waals surface area contributed by atoms with E-state index in [1.54, 1.807) is 26.0 Å². The highest BCUT2D eigenvalue weighted by atomic mass is 79.9. The van der Waals surface area contributed by atoms with Crippen molar-refractivity contribution >= 4 is 33.5 Å². The lowest BCUT2D eigenvalue weighted by molar-refractivity contribution is -0.152. The van der Waals surface area contributed by atoms with E-state index >= 15 is 0 Å². The number of ether oxygens (including phenoxy) is 1. The van der Waals surface area contributed by atoms with Crippen molar-refractivity contribution < 1.29 is 14.6 Å². The summed E-state index contributed by atoms with van der Waals surface area (Å²) >= 11 is 9.23. The average molecular weight is 337 g/mol. The average Bonchev–Trinajstić information content (AvgIpc) is 2.33. The highest BCUT2D eigenvalue weighted by Gasteiger charge is 2.39. The van der Waals surface area contributed by atoms with Crippen LogP contribution in [0.5, 0.6) is 5.75 Å². The summed E-state index contributed by atoms with van der Waals surface area (Å²) in [6.07, 6.45) is 0. The number of hydrogen-bond acceptors (Lipinski definition) is 4. The number of methoxy groups -OCH3 is 1. The second-order valence-corrected chi connectivity index (χ2v) is 5.74. The first-order valence-electron chi connectivity index (χ1n) is 5.24. The van der Waals surface area contributed by atoms with Crippen molar-refractivity contribution in [3.63, 3.8) is 0 Å². The molecule has 0 saturated carbocycles. The monoisotopic (exact) mass is 335 g/mol. The first kappa shape index (κ1) is 15.3. The number of nitrogens with two attached hydrogens (primary N) is 1. The number of benzene rings is 1. The first-order chi connectivity index (χ1) is 8.23. The van der Waals surface area contributed by atoms with Crippen LogP contribution in [0.15, 0.2) is 16.6 Å². The Kier molecular flexibility index (Phi) is 4.64. The molecule has 100 valence electrons. The van der Waals surface area contributed by atoms with Crippen molar-refractivity contribution in [1.82, 2.24) is 0 Å². The summed E-state index contributed by atoms with van der Waals surface area (Å²) in [5.74, 6) is -0.530. The molecule has 0 bridgehead atoms. The van der Waals surface area contributed by atoms with Crippen LogP contribution in [0, 0.1) is 5.41 Å². The predicted molar refractivity (Wildman–Crippen MR) is 73.5 cm³/mol. The normalized spacial score (nSPS) is 13.2. The number of esters is 1. The van der Waals surface area contributed by atoms with Gasteiger partial charge in [0.1, 0.15) is 5.75 Å². The molecular weight excluding hydrogens is 321 g/mol. The van der Waals surface area contributed by atoms with Crippen LogP contribution in [-0.4, -0.2) is 18.2 Å². The molecule has 1 aromatic rings. The van der Waals surface area contributed by atoms with Crippen molar-refractivity contribution in [1.29, 1.82) is 0 Å². The molecule has 0 saturated heterocycles. The SMILES string of the molecule is COC(=O)C(C)(C)[C@@H](N)c1c(Cl)ccc(Br)c1O. The van der Waals surface area contributed by atoms with Gasteiger partial charge in [-0.3, -0.25) is 4.79 Å². The molecule has 0 heterocycles. The maximum Gasteiger partial charge on any atom is 0.313 e. The molecule has 0 aliphatic heterocycles. The largest absolute Gasteiger partial charge is 0.506 e. The lowest BCUT2D eigenvalue weighted by Crippen LogP contribution is -2.37. The maximum absolute atomic E-state index is 11.7. The number of carbonyl (C=O) groups is 1. The minimum Gasteiger partial charge on any atom is -0.506 e. The number of halogens is 2. The molecule has 0 aliphatic rings. The molecular formula is C12H15BrClNO3. The van der Waals surface area contributed by atoms with Gasteiger partial charge in [0, 0.05) is 10.6 Å². The topological polar surface area (TPSA) is 72.5 Å². The number of hydrogen-bond donors (Lipinski definition) is 2. The Bertz CT molecular complexity index is 477. The smallest absolute Gasteiger partial charge is 0.313 e. The molecule has 4 nitrogen and oxygen atoms in total. The lowest BCUT2D eigenvalue weighted by atomic mass is 9.80.